The Kier molecular flexibility index (Phi) is 5.40. The lowest BCUT2D eigenvalue weighted by Crippen LogP contribution is -2.27. The van der Waals surface area contributed by atoms with Gasteiger partial charge in [0.25, 0.3) is 11.6 Å². The summed E-state index contributed by atoms with van der Waals surface area (Å²) in [5, 5.41) is 7.54. The quantitative estimate of drug-likeness (QED) is 0.477. The number of benzene rings is 1. The Bertz CT molecular complexity index is 1390. The van der Waals surface area contributed by atoms with E-state index in [9.17, 15) is 13.2 Å². The number of rotatable bonds is 5. The molecule has 1 aromatic carbocycles. The standard InChI is InChI=1S/C22H21N3O4S2/c1-12-5-10-19(30-12)18-11-17(20-14(3)25-29-22(20)24-18)21(26)23-13(2)15-6-8-16(9-7-15)31(4,27)28/h5-11,13H,1-4H3,(H,23,26). The Morgan fingerprint density at radius 3 is 2.45 bits per heavy atom. The molecule has 9 heteroatoms. The molecule has 0 aliphatic heterocycles. The molecule has 3 aromatic heterocycles. The fraction of sp³-hybridized carbons (Fsp3) is 0.227. The number of aryl methyl sites for hydroxylation is 2. The number of aromatic nitrogens is 2. The Hall–Kier alpha value is -3.04. The van der Waals surface area contributed by atoms with Gasteiger partial charge in [0, 0.05) is 11.1 Å². The molecule has 1 unspecified atom stereocenters. The number of sulfone groups is 1. The first-order valence-electron chi connectivity index (χ1n) is 9.58. The van der Waals surface area contributed by atoms with Crippen molar-refractivity contribution in [1.82, 2.24) is 15.5 Å². The maximum Gasteiger partial charge on any atom is 0.259 e. The zero-order valence-corrected chi connectivity index (χ0v) is 19.1. The van der Waals surface area contributed by atoms with Gasteiger partial charge in [0.2, 0.25) is 0 Å². The van der Waals surface area contributed by atoms with Crippen LogP contribution >= 0.6 is 11.3 Å². The van der Waals surface area contributed by atoms with Crippen LogP contribution in [0.4, 0.5) is 0 Å². The highest BCUT2D eigenvalue weighted by atomic mass is 32.2. The van der Waals surface area contributed by atoms with E-state index in [1.807, 2.05) is 26.0 Å². The van der Waals surface area contributed by atoms with Gasteiger partial charge in [-0.05, 0) is 56.7 Å². The number of nitrogens with one attached hydrogen (secondary N) is 1. The normalized spacial score (nSPS) is 12.8. The fourth-order valence-electron chi connectivity index (χ4n) is 3.33. The SMILES string of the molecule is Cc1ccc(-c2cc(C(=O)NC(C)c3ccc(S(C)(=O)=O)cc3)c3c(C)noc3n2)s1. The molecule has 31 heavy (non-hydrogen) atoms. The molecule has 160 valence electrons. The largest absolute Gasteiger partial charge is 0.345 e. The molecule has 0 saturated heterocycles. The summed E-state index contributed by atoms with van der Waals surface area (Å²) in [7, 11) is -3.27. The van der Waals surface area contributed by atoms with Gasteiger partial charge in [0.1, 0.15) is 0 Å². The average Bonchev–Trinajstić information content (AvgIpc) is 3.32. The number of hydrogen-bond acceptors (Lipinski definition) is 7. The molecule has 0 fully saturated rings. The first-order valence-corrected chi connectivity index (χ1v) is 12.3. The molecule has 3 heterocycles. The summed E-state index contributed by atoms with van der Waals surface area (Å²) in [5.41, 5.74) is 2.78. The van der Waals surface area contributed by atoms with E-state index in [1.54, 1.807) is 48.6 Å². The second kappa shape index (κ2) is 7.90. The maximum absolute atomic E-state index is 13.2. The van der Waals surface area contributed by atoms with Gasteiger partial charge in [-0.1, -0.05) is 17.3 Å². The number of carbonyl (C=O) groups excluding carboxylic acids is 1. The topological polar surface area (TPSA) is 102 Å². The van der Waals surface area contributed by atoms with Crippen molar-refractivity contribution in [2.75, 3.05) is 6.26 Å². The summed E-state index contributed by atoms with van der Waals surface area (Å²) in [4.78, 5) is 20.1. The van der Waals surface area contributed by atoms with Crippen molar-refractivity contribution in [2.45, 2.75) is 31.7 Å². The minimum atomic E-state index is -3.27. The van der Waals surface area contributed by atoms with Crippen LogP contribution in [0.2, 0.25) is 0 Å². The third-order valence-corrected chi connectivity index (χ3v) is 7.16. The number of carbonyl (C=O) groups is 1. The molecule has 0 aliphatic rings. The average molecular weight is 456 g/mol. The summed E-state index contributed by atoms with van der Waals surface area (Å²) >= 11 is 1.59. The number of amides is 1. The molecular formula is C22H21N3O4S2. The predicted molar refractivity (Wildman–Crippen MR) is 120 cm³/mol. The van der Waals surface area contributed by atoms with Crippen LogP contribution in [0.1, 0.15) is 39.5 Å². The third-order valence-electron chi connectivity index (χ3n) is 5.01. The lowest BCUT2D eigenvalue weighted by molar-refractivity contribution is 0.0941. The number of nitrogens with zero attached hydrogens (tertiary/aromatic N) is 2. The molecule has 4 rings (SSSR count). The number of thiophene rings is 1. The molecule has 1 N–H and O–H groups in total. The van der Waals surface area contributed by atoms with E-state index < -0.39 is 9.84 Å². The summed E-state index contributed by atoms with van der Waals surface area (Å²) in [5.74, 6) is -0.284. The van der Waals surface area contributed by atoms with Gasteiger partial charge < -0.3 is 9.84 Å². The lowest BCUT2D eigenvalue weighted by atomic mass is 10.1. The predicted octanol–water partition coefficient (Wildman–Crippen LogP) is 4.46. The summed E-state index contributed by atoms with van der Waals surface area (Å²) in [6.45, 7) is 5.62. The second-order valence-corrected chi connectivity index (χ2v) is 10.8. The van der Waals surface area contributed by atoms with E-state index in [0.29, 0.717) is 28.1 Å². The highest BCUT2D eigenvalue weighted by molar-refractivity contribution is 7.90. The van der Waals surface area contributed by atoms with E-state index in [-0.39, 0.29) is 16.8 Å². The number of fused-ring (bicyclic) bond motifs is 1. The van der Waals surface area contributed by atoms with E-state index >= 15 is 0 Å². The lowest BCUT2D eigenvalue weighted by Gasteiger charge is -2.15. The highest BCUT2D eigenvalue weighted by Crippen LogP contribution is 2.31. The first-order chi connectivity index (χ1) is 14.6. The molecule has 4 aromatic rings. The Morgan fingerprint density at radius 1 is 1.13 bits per heavy atom. The van der Waals surface area contributed by atoms with Gasteiger partial charge in [-0.25, -0.2) is 13.4 Å². The monoisotopic (exact) mass is 455 g/mol. The van der Waals surface area contributed by atoms with Crippen LogP contribution in [-0.2, 0) is 9.84 Å². The van der Waals surface area contributed by atoms with Crippen molar-refractivity contribution in [3.05, 3.63) is 64.2 Å². The van der Waals surface area contributed by atoms with E-state index in [0.717, 1.165) is 21.6 Å². The van der Waals surface area contributed by atoms with Crippen molar-refractivity contribution in [1.29, 1.82) is 0 Å². The van der Waals surface area contributed by atoms with Gasteiger partial charge in [0.05, 0.1) is 38.2 Å². The zero-order chi connectivity index (χ0) is 22.3. The second-order valence-electron chi connectivity index (χ2n) is 7.45. The van der Waals surface area contributed by atoms with Crippen LogP contribution in [0.15, 0.2) is 51.9 Å². The molecule has 1 atom stereocenters. The van der Waals surface area contributed by atoms with Crippen LogP contribution in [0.5, 0.6) is 0 Å². The van der Waals surface area contributed by atoms with Gasteiger partial charge in [-0.15, -0.1) is 11.3 Å². The summed E-state index contributed by atoms with van der Waals surface area (Å²) in [6.07, 6.45) is 1.16. The zero-order valence-electron chi connectivity index (χ0n) is 17.5. The Balaban J connectivity index is 1.67. The van der Waals surface area contributed by atoms with Crippen LogP contribution in [0.3, 0.4) is 0 Å². The molecule has 0 radical (unpaired) electrons. The van der Waals surface area contributed by atoms with E-state index in [1.165, 1.54) is 0 Å². The first kappa shape index (κ1) is 21.2. The minimum Gasteiger partial charge on any atom is -0.345 e. The molecule has 1 amide bonds. The molecule has 0 spiro atoms. The van der Waals surface area contributed by atoms with Gasteiger partial charge >= 0.3 is 0 Å². The van der Waals surface area contributed by atoms with Gasteiger partial charge in [-0.3, -0.25) is 4.79 Å². The van der Waals surface area contributed by atoms with Crippen molar-refractivity contribution >= 4 is 38.2 Å². The molecule has 0 bridgehead atoms. The maximum atomic E-state index is 13.2. The summed E-state index contributed by atoms with van der Waals surface area (Å²) < 4.78 is 28.7. The number of pyridine rings is 1. The number of hydrogen-bond donors (Lipinski definition) is 1. The van der Waals surface area contributed by atoms with Crippen molar-refractivity contribution in [3.63, 3.8) is 0 Å². The van der Waals surface area contributed by atoms with Crippen LogP contribution < -0.4 is 5.32 Å². The third kappa shape index (κ3) is 4.24. The van der Waals surface area contributed by atoms with E-state index in [2.05, 4.69) is 15.5 Å². The smallest absolute Gasteiger partial charge is 0.259 e. The Morgan fingerprint density at radius 2 is 1.84 bits per heavy atom. The molecular weight excluding hydrogens is 434 g/mol. The summed E-state index contributed by atoms with van der Waals surface area (Å²) in [6, 6.07) is 11.9. The van der Waals surface area contributed by atoms with E-state index in [4.69, 9.17) is 4.52 Å². The van der Waals surface area contributed by atoms with Crippen molar-refractivity contribution in [2.24, 2.45) is 0 Å². The minimum absolute atomic E-state index is 0.238. The van der Waals surface area contributed by atoms with Crippen molar-refractivity contribution < 1.29 is 17.7 Å². The van der Waals surface area contributed by atoms with Crippen LogP contribution in [-0.4, -0.2) is 30.7 Å². The van der Waals surface area contributed by atoms with Crippen molar-refractivity contribution in [3.8, 4) is 10.6 Å². The molecule has 0 saturated carbocycles. The fourth-order valence-corrected chi connectivity index (χ4v) is 4.79. The van der Waals surface area contributed by atoms with Crippen LogP contribution in [0, 0.1) is 13.8 Å². The molecule has 0 aliphatic carbocycles. The highest BCUT2D eigenvalue weighted by Gasteiger charge is 2.21. The van der Waals surface area contributed by atoms with Gasteiger partial charge in [-0.2, -0.15) is 0 Å². The van der Waals surface area contributed by atoms with Gasteiger partial charge in [0.15, 0.2) is 9.84 Å². The van der Waals surface area contributed by atoms with Crippen LogP contribution in [0.25, 0.3) is 21.7 Å². The Labute approximate surface area is 184 Å². The molecule has 7 nitrogen and oxygen atoms in total.